The first-order valence-corrected chi connectivity index (χ1v) is 4.06. The number of rotatable bonds is 0. The maximum Gasteiger partial charge on any atom is 0.276 e. The van der Waals surface area contributed by atoms with Gasteiger partial charge in [0.25, 0.3) is 5.56 Å². The number of aromatic amines is 1. The average Bonchev–Trinajstić information content (AvgIpc) is 2.12. The zero-order valence-electron chi connectivity index (χ0n) is 5.91. The van der Waals surface area contributed by atoms with E-state index in [1.54, 1.807) is 12.4 Å². The van der Waals surface area contributed by atoms with Crippen molar-refractivity contribution in [2.75, 3.05) is 0 Å². The van der Waals surface area contributed by atoms with Gasteiger partial charge in [0.2, 0.25) is 0 Å². The molecule has 1 N–H and O–H groups in total. The van der Waals surface area contributed by atoms with Crippen LogP contribution in [0.5, 0.6) is 0 Å². The van der Waals surface area contributed by atoms with E-state index in [2.05, 4.69) is 30.9 Å². The van der Waals surface area contributed by atoms with E-state index in [1.165, 1.54) is 6.20 Å². The lowest BCUT2D eigenvalue weighted by Gasteiger charge is -1.95. The molecule has 0 spiro atoms. The number of fused-ring (bicyclic) bond motifs is 1. The van der Waals surface area contributed by atoms with Crippen molar-refractivity contribution in [1.29, 1.82) is 0 Å². The Bertz CT molecular complexity index is 479. The highest BCUT2D eigenvalue weighted by molar-refractivity contribution is 9.10. The first-order chi connectivity index (χ1) is 5.79. The van der Waals surface area contributed by atoms with Crippen LogP contribution in [0.3, 0.4) is 0 Å². The normalized spacial score (nSPS) is 10.4. The third-order valence-electron chi connectivity index (χ3n) is 1.47. The summed E-state index contributed by atoms with van der Waals surface area (Å²) in [5.74, 6) is 0. The van der Waals surface area contributed by atoms with Crippen LogP contribution in [0, 0.1) is 0 Å². The van der Waals surface area contributed by atoms with Gasteiger partial charge in [-0.1, -0.05) is 0 Å². The van der Waals surface area contributed by atoms with Crippen molar-refractivity contribution >= 4 is 27.0 Å². The molecular weight excluding hydrogens is 222 g/mol. The molecular formula is C7H4BrN3O. The smallest absolute Gasteiger partial charge is 0.276 e. The van der Waals surface area contributed by atoms with Crippen LogP contribution in [0.25, 0.3) is 11.0 Å². The molecule has 0 aliphatic heterocycles. The average molecular weight is 226 g/mol. The van der Waals surface area contributed by atoms with Gasteiger partial charge in [0.05, 0.1) is 4.47 Å². The van der Waals surface area contributed by atoms with E-state index in [-0.39, 0.29) is 5.56 Å². The van der Waals surface area contributed by atoms with Gasteiger partial charge < -0.3 is 4.98 Å². The lowest BCUT2D eigenvalue weighted by atomic mass is 10.4. The fourth-order valence-electron chi connectivity index (χ4n) is 0.945. The number of aromatic nitrogens is 3. The lowest BCUT2D eigenvalue weighted by molar-refractivity contribution is 1.19. The first-order valence-electron chi connectivity index (χ1n) is 3.27. The molecule has 0 fully saturated rings. The van der Waals surface area contributed by atoms with Gasteiger partial charge in [-0.05, 0) is 15.9 Å². The van der Waals surface area contributed by atoms with Gasteiger partial charge in [-0.15, -0.1) is 0 Å². The standard InChI is InChI=1S/C7H4BrN3O/c8-4-3-11-7(12)6-5(4)9-1-2-10-6/h1-3H,(H,11,12). The molecule has 0 aliphatic carbocycles. The van der Waals surface area contributed by atoms with Crippen molar-refractivity contribution in [2.24, 2.45) is 0 Å². The number of nitrogens with zero attached hydrogens (tertiary/aromatic N) is 2. The van der Waals surface area contributed by atoms with Crippen molar-refractivity contribution in [3.63, 3.8) is 0 Å². The number of H-pyrrole nitrogens is 1. The molecule has 4 nitrogen and oxygen atoms in total. The monoisotopic (exact) mass is 225 g/mol. The summed E-state index contributed by atoms with van der Waals surface area (Å²) in [6.07, 6.45) is 4.59. The van der Waals surface area contributed by atoms with Crippen molar-refractivity contribution in [3.8, 4) is 0 Å². The predicted molar refractivity (Wildman–Crippen MR) is 47.9 cm³/mol. The maximum absolute atomic E-state index is 11.2. The van der Waals surface area contributed by atoms with E-state index in [9.17, 15) is 4.79 Å². The fourth-order valence-corrected chi connectivity index (χ4v) is 1.35. The summed E-state index contributed by atoms with van der Waals surface area (Å²) >= 11 is 3.26. The molecule has 2 aromatic rings. The van der Waals surface area contributed by atoms with E-state index in [1.807, 2.05) is 0 Å². The zero-order valence-corrected chi connectivity index (χ0v) is 7.50. The van der Waals surface area contributed by atoms with Gasteiger partial charge >= 0.3 is 0 Å². The SMILES string of the molecule is O=c1[nH]cc(Br)c2nccnc12. The molecule has 0 amide bonds. The van der Waals surface area contributed by atoms with E-state index >= 15 is 0 Å². The lowest BCUT2D eigenvalue weighted by Crippen LogP contribution is -2.07. The molecule has 2 aromatic heterocycles. The molecule has 0 bridgehead atoms. The van der Waals surface area contributed by atoms with Crippen molar-refractivity contribution in [3.05, 3.63) is 33.4 Å². The highest BCUT2D eigenvalue weighted by Crippen LogP contribution is 2.14. The van der Waals surface area contributed by atoms with Crippen LogP contribution in [-0.2, 0) is 0 Å². The third-order valence-corrected chi connectivity index (χ3v) is 2.07. The number of nitrogens with one attached hydrogen (secondary N) is 1. The Morgan fingerprint density at radius 3 is 2.58 bits per heavy atom. The van der Waals surface area contributed by atoms with Crippen LogP contribution >= 0.6 is 15.9 Å². The highest BCUT2D eigenvalue weighted by atomic mass is 79.9. The summed E-state index contributed by atoms with van der Waals surface area (Å²) in [7, 11) is 0. The fraction of sp³-hybridized carbons (Fsp3) is 0. The van der Waals surface area contributed by atoms with Gasteiger partial charge in [-0.3, -0.25) is 9.78 Å². The van der Waals surface area contributed by atoms with Crippen LogP contribution < -0.4 is 5.56 Å². The minimum atomic E-state index is -0.221. The number of halogens is 1. The summed E-state index contributed by atoms with van der Waals surface area (Å²) < 4.78 is 0.741. The molecule has 2 heterocycles. The summed E-state index contributed by atoms with van der Waals surface area (Å²) in [5, 5.41) is 0. The molecule has 2 rings (SSSR count). The number of hydrogen-bond donors (Lipinski definition) is 1. The summed E-state index contributed by atoms with van der Waals surface area (Å²) in [4.78, 5) is 21.6. The van der Waals surface area contributed by atoms with E-state index in [4.69, 9.17) is 0 Å². The topological polar surface area (TPSA) is 58.6 Å². The van der Waals surface area contributed by atoms with Gasteiger partial charge in [-0.2, -0.15) is 0 Å². The Morgan fingerprint density at radius 2 is 1.92 bits per heavy atom. The maximum atomic E-state index is 11.2. The molecule has 0 aliphatic rings. The number of pyridine rings is 1. The van der Waals surface area contributed by atoms with Crippen molar-refractivity contribution in [2.45, 2.75) is 0 Å². The molecule has 12 heavy (non-hydrogen) atoms. The van der Waals surface area contributed by atoms with E-state index < -0.39 is 0 Å². The highest BCUT2D eigenvalue weighted by Gasteiger charge is 2.02. The minimum absolute atomic E-state index is 0.221. The molecule has 5 heteroatoms. The number of hydrogen-bond acceptors (Lipinski definition) is 3. The molecule has 0 saturated heterocycles. The van der Waals surface area contributed by atoms with Gasteiger partial charge in [0.15, 0.2) is 5.52 Å². The van der Waals surface area contributed by atoms with Crippen LogP contribution in [0.1, 0.15) is 0 Å². The Hall–Kier alpha value is -1.23. The van der Waals surface area contributed by atoms with E-state index in [0.29, 0.717) is 11.0 Å². The molecule has 0 unspecified atom stereocenters. The zero-order chi connectivity index (χ0) is 8.55. The Morgan fingerprint density at radius 1 is 1.25 bits per heavy atom. The van der Waals surface area contributed by atoms with Gasteiger partial charge in [0, 0.05) is 18.6 Å². The molecule has 0 saturated carbocycles. The quantitative estimate of drug-likeness (QED) is 0.731. The first kappa shape index (κ1) is 7.42. The minimum Gasteiger partial charge on any atom is -0.326 e. The second-order valence-corrected chi connectivity index (χ2v) is 3.07. The Balaban J connectivity index is 3.05. The van der Waals surface area contributed by atoms with Crippen LogP contribution in [0.15, 0.2) is 27.9 Å². The molecule has 60 valence electrons. The van der Waals surface area contributed by atoms with Crippen LogP contribution in [0.2, 0.25) is 0 Å². The summed E-state index contributed by atoms with van der Waals surface area (Å²) in [6.45, 7) is 0. The van der Waals surface area contributed by atoms with Gasteiger partial charge in [0.1, 0.15) is 5.52 Å². The van der Waals surface area contributed by atoms with Crippen LogP contribution in [-0.4, -0.2) is 15.0 Å². The predicted octanol–water partition coefficient (Wildman–Crippen LogP) is 1.08. The van der Waals surface area contributed by atoms with Crippen LogP contribution in [0.4, 0.5) is 0 Å². The molecule has 0 aromatic carbocycles. The molecule has 0 atom stereocenters. The summed E-state index contributed by atoms with van der Waals surface area (Å²) in [6, 6.07) is 0. The van der Waals surface area contributed by atoms with E-state index in [0.717, 1.165) is 4.47 Å². The van der Waals surface area contributed by atoms with Crippen molar-refractivity contribution < 1.29 is 0 Å². The third kappa shape index (κ3) is 1.02. The Labute approximate surface area is 75.8 Å². The Kier molecular flexibility index (Phi) is 1.65. The largest absolute Gasteiger partial charge is 0.326 e. The van der Waals surface area contributed by atoms with Gasteiger partial charge in [-0.25, -0.2) is 4.98 Å². The summed E-state index contributed by atoms with van der Waals surface area (Å²) in [5.41, 5.74) is 0.717. The second-order valence-electron chi connectivity index (χ2n) is 2.22. The molecule has 0 radical (unpaired) electrons. The van der Waals surface area contributed by atoms with Crippen molar-refractivity contribution in [1.82, 2.24) is 15.0 Å². The second kappa shape index (κ2) is 2.67.